The molecule has 1 fully saturated rings. The maximum atomic E-state index is 12.1. The molecule has 1 atom stereocenters. The van der Waals surface area contributed by atoms with Gasteiger partial charge in [-0.1, -0.05) is 13.8 Å². The molecule has 4 nitrogen and oxygen atoms in total. The monoisotopic (exact) mass is 241 g/mol. The molecule has 1 rings (SSSR count). The summed E-state index contributed by atoms with van der Waals surface area (Å²) in [5.74, 6) is -0.738. The van der Waals surface area contributed by atoms with E-state index in [1.54, 1.807) is 0 Å². The van der Waals surface area contributed by atoms with Crippen LogP contribution in [-0.2, 0) is 9.59 Å². The van der Waals surface area contributed by atoms with E-state index in [0.29, 0.717) is 12.5 Å². The summed E-state index contributed by atoms with van der Waals surface area (Å²) in [5.41, 5.74) is -0.458. The summed E-state index contributed by atoms with van der Waals surface area (Å²) in [6.07, 6.45) is 3.68. The first kappa shape index (κ1) is 14.0. The molecule has 0 radical (unpaired) electrons. The number of hydrogen-bond donors (Lipinski definition) is 1. The standard InChI is InChI=1S/C13H23NO3/c1-10-6-4-5-7-14(10)11(15)8-13(2,3)9-12(16)17/h10H,4-9H2,1-3H3,(H,16,17). The molecule has 1 saturated heterocycles. The number of carboxylic acid groups (broad SMARTS) is 1. The third kappa shape index (κ3) is 4.36. The lowest BCUT2D eigenvalue weighted by Gasteiger charge is -2.35. The van der Waals surface area contributed by atoms with E-state index in [2.05, 4.69) is 6.92 Å². The minimum atomic E-state index is -0.838. The Morgan fingerprint density at radius 2 is 1.94 bits per heavy atom. The second kappa shape index (κ2) is 5.52. The minimum absolute atomic E-state index is 0.0426. The van der Waals surface area contributed by atoms with Gasteiger partial charge < -0.3 is 10.0 Å². The highest BCUT2D eigenvalue weighted by atomic mass is 16.4. The molecule has 0 aromatic heterocycles. The summed E-state index contributed by atoms with van der Waals surface area (Å²) in [5, 5.41) is 8.80. The highest BCUT2D eigenvalue weighted by molar-refractivity contribution is 5.78. The average molecular weight is 241 g/mol. The zero-order valence-electron chi connectivity index (χ0n) is 11.0. The lowest BCUT2D eigenvalue weighted by molar-refractivity contribution is -0.141. The number of hydrogen-bond acceptors (Lipinski definition) is 2. The summed E-state index contributed by atoms with van der Waals surface area (Å²) in [4.78, 5) is 24.8. The van der Waals surface area contributed by atoms with E-state index in [9.17, 15) is 9.59 Å². The van der Waals surface area contributed by atoms with Gasteiger partial charge in [-0.15, -0.1) is 0 Å². The Morgan fingerprint density at radius 3 is 2.47 bits per heavy atom. The molecule has 0 aromatic rings. The van der Waals surface area contributed by atoms with E-state index < -0.39 is 11.4 Å². The van der Waals surface area contributed by atoms with Gasteiger partial charge in [-0.05, 0) is 31.6 Å². The molecule has 1 aliphatic rings. The molecule has 0 spiro atoms. The third-order valence-electron chi connectivity index (χ3n) is 3.38. The van der Waals surface area contributed by atoms with Gasteiger partial charge in [-0.2, -0.15) is 0 Å². The highest BCUT2D eigenvalue weighted by Gasteiger charge is 2.30. The summed E-state index contributed by atoms with van der Waals surface area (Å²) in [7, 11) is 0. The molecule has 0 bridgehead atoms. The number of carbonyl (C=O) groups excluding carboxylic acids is 1. The van der Waals surface area contributed by atoms with E-state index in [4.69, 9.17) is 5.11 Å². The van der Waals surface area contributed by atoms with Crippen molar-refractivity contribution < 1.29 is 14.7 Å². The predicted molar refractivity (Wildman–Crippen MR) is 65.7 cm³/mol. The molecule has 0 saturated carbocycles. The summed E-state index contributed by atoms with van der Waals surface area (Å²) in [6.45, 7) is 6.58. The van der Waals surface area contributed by atoms with Gasteiger partial charge in [0.05, 0.1) is 6.42 Å². The average Bonchev–Trinajstić information content (AvgIpc) is 2.14. The van der Waals surface area contributed by atoms with Crippen LogP contribution in [-0.4, -0.2) is 34.5 Å². The van der Waals surface area contributed by atoms with Crippen molar-refractivity contribution in [3.63, 3.8) is 0 Å². The fourth-order valence-electron chi connectivity index (χ4n) is 2.45. The van der Waals surface area contributed by atoms with Gasteiger partial charge in [0.1, 0.15) is 0 Å². The molecule has 1 N–H and O–H groups in total. The maximum absolute atomic E-state index is 12.1. The van der Waals surface area contributed by atoms with Gasteiger partial charge in [0, 0.05) is 19.0 Å². The number of aliphatic carboxylic acids is 1. The molecule has 98 valence electrons. The quantitative estimate of drug-likeness (QED) is 0.821. The lowest BCUT2D eigenvalue weighted by atomic mass is 9.84. The van der Waals surface area contributed by atoms with E-state index in [0.717, 1.165) is 19.4 Å². The van der Waals surface area contributed by atoms with Crippen LogP contribution in [0, 0.1) is 5.41 Å². The van der Waals surface area contributed by atoms with Gasteiger partial charge in [0.2, 0.25) is 5.91 Å². The van der Waals surface area contributed by atoms with Gasteiger partial charge >= 0.3 is 5.97 Å². The van der Waals surface area contributed by atoms with Crippen molar-refractivity contribution in [3.8, 4) is 0 Å². The smallest absolute Gasteiger partial charge is 0.303 e. The zero-order chi connectivity index (χ0) is 13.1. The third-order valence-corrected chi connectivity index (χ3v) is 3.38. The second-order valence-corrected chi connectivity index (χ2v) is 5.84. The van der Waals surface area contributed by atoms with Crippen LogP contribution in [0.15, 0.2) is 0 Å². The largest absolute Gasteiger partial charge is 0.481 e. The SMILES string of the molecule is CC1CCCCN1C(=O)CC(C)(C)CC(=O)O. The minimum Gasteiger partial charge on any atom is -0.481 e. The predicted octanol–water partition coefficient (Wildman–Crippen LogP) is 2.28. The molecular formula is C13H23NO3. The van der Waals surface area contributed by atoms with Crippen LogP contribution in [0.4, 0.5) is 0 Å². The van der Waals surface area contributed by atoms with E-state index in [1.165, 1.54) is 6.42 Å². The summed E-state index contributed by atoms with van der Waals surface area (Å²) < 4.78 is 0. The van der Waals surface area contributed by atoms with E-state index >= 15 is 0 Å². The molecule has 1 unspecified atom stereocenters. The Balaban J connectivity index is 2.55. The number of nitrogens with zero attached hydrogens (tertiary/aromatic N) is 1. The van der Waals surface area contributed by atoms with Crippen molar-refractivity contribution in [2.75, 3.05) is 6.54 Å². The van der Waals surface area contributed by atoms with Gasteiger partial charge in [0.25, 0.3) is 0 Å². The van der Waals surface area contributed by atoms with Gasteiger partial charge in [-0.3, -0.25) is 9.59 Å². The number of amides is 1. The molecule has 1 amide bonds. The second-order valence-electron chi connectivity index (χ2n) is 5.84. The molecule has 4 heteroatoms. The fraction of sp³-hybridized carbons (Fsp3) is 0.846. The number of likely N-dealkylation sites (tertiary alicyclic amines) is 1. The number of carbonyl (C=O) groups is 2. The lowest BCUT2D eigenvalue weighted by Crippen LogP contribution is -2.43. The van der Waals surface area contributed by atoms with Crippen LogP contribution in [0.25, 0.3) is 0 Å². The Labute approximate surface area is 103 Å². The Hall–Kier alpha value is -1.06. The Morgan fingerprint density at radius 1 is 1.29 bits per heavy atom. The summed E-state index contributed by atoms with van der Waals surface area (Å²) in [6, 6.07) is 0.303. The van der Waals surface area contributed by atoms with Crippen LogP contribution in [0.1, 0.15) is 52.9 Å². The van der Waals surface area contributed by atoms with Crippen molar-refractivity contribution >= 4 is 11.9 Å². The van der Waals surface area contributed by atoms with Crippen LogP contribution >= 0.6 is 0 Å². The van der Waals surface area contributed by atoms with E-state index in [-0.39, 0.29) is 12.3 Å². The molecule has 0 aliphatic carbocycles. The molecule has 1 heterocycles. The first-order valence-electron chi connectivity index (χ1n) is 6.33. The number of rotatable bonds is 4. The van der Waals surface area contributed by atoms with Crippen LogP contribution in [0.2, 0.25) is 0 Å². The van der Waals surface area contributed by atoms with Gasteiger partial charge in [-0.25, -0.2) is 0 Å². The Kier molecular flexibility index (Phi) is 4.54. The Bertz CT molecular complexity index is 299. The van der Waals surface area contributed by atoms with E-state index in [1.807, 2.05) is 18.7 Å². The topological polar surface area (TPSA) is 57.6 Å². The van der Waals surface area contributed by atoms with Crippen molar-refractivity contribution in [3.05, 3.63) is 0 Å². The number of carboxylic acids is 1. The first-order chi connectivity index (χ1) is 7.82. The van der Waals surface area contributed by atoms with Crippen molar-refractivity contribution in [2.45, 2.75) is 58.9 Å². The molecular weight excluding hydrogens is 218 g/mol. The molecule has 1 aliphatic heterocycles. The summed E-state index contributed by atoms with van der Waals surface area (Å²) >= 11 is 0. The van der Waals surface area contributed by atoms with Crippen LogP contribution in [0.3, 0.4) is 0 Å². The van der Waals surface area contributed by atoms with Crippen LogP contribution in [0.5, 0.6) is 0 Å². The van der Waals surface area contributed by atoms with Crippen molar-refractivity contribution in [1.82, 2.24) is 4.90 Å². The molecule has 17 heavy (non-hydrogen) atoms. The van der Waals surface area contributed by atoms with Crippen molar-refractivity contribution in [2.24, 2.45) is 5.41 Å². The number of piperidine rings is 1. The maximum Gasteiger partial charge on any atom is 0.303 e. The van der Waals surface area contributed by atoms with Crippen molar-refractivity contribution in [1.29, 1.82) is 0 Å². The fourth-order valence-corrected chi connectivity index (χ4v) is 2.45. The first-order valence-corrected chi connectivity index (χ1v) is 6.33. The van der Waals surface area contributed by atoms with Crippen LogP contribution < -0.4 is 0 Å². The highest BCUT2D eigenvalue weighted by Crippen LogP contribution is 2.28. The van der Waals surface area contributed by atoms with Gasteiger partial charge in [0.15, 0.2) is 0 Å². The molecule has 0 aromatic carbocycles. The zero-order valence-corrected chi connectivity index (χ0v) is 11.0. The normalized spacial score (nSPS) is 21.4.